The zero-order valence-corrected chi connectivity index (χ0v) is 75.6. The minimum absolute atomic E-state index is 0.00441. The molecule has 128 heavy (non-hydrogen) atoms. The van der Waals surface area contributed by atoms with Crippen LogP contribution in [0.2, 0.25) is 0 Å². The first-order chi connectivity index (χ1) is 61.9. The van der Waals surface area contributed by atoms with Gasteiger partial charge in [-0.25, -0.2) is 14.3 Å². The standard InChI is InChI=1S/C85H127N21O20S2/c1-51(2)71(79(114)93-28-32-125-76-62(118-4)42-53-41-57(95-72(53)77(76)119-5)80(115)106-45-54-21-22-85(54)56-43-58(81(116)120-6)96-73(56)61(107)44-65(85)106)99-78(113)52(3)94-84(117)126-40-39-124-38-37-123-34-30-105-46-55(102-103-105)19-20-68(110)92-27-31-121-35-36-122-33-29-104(47-69(111)90-25-13-11-23-88-66(108)17-9-7-15-63-74-59(49-127-63)97-82(86)100-74)48-70(112)91-26-14-12-24-89-67(109)18-10-8-16-64-75-60(50-128-64)98-83(87)101-75/h41-44,46,51-52,54,59-60,63-64,71,74-75,95-96H,7-40,45,47-50H2,1-6H3,(H,88,108)(H,89,109)(H,90,111)(H,91,112)(H,92,110)(H,93,114)(H,94,117)(H,99,113)(H3,86,97,100)(H3,87,98,101)/t52-,54?,59-,60-,63-,64-,71-,74-,75-,85?/m0/s1. The fourth-order valence-electron chi connectivity index (χ4n) is 16.8. The number of fused-ring (bicyclic) bond motifs is 4. The van der Waals surface area contributed by atoms with E-state index in [-0.39, 0.29) is 186 Å². The van der Waals surface area contributed by atoms with Crippen LogP contribution in [0.3, 0.4) is 0 Å². The first-order valence-electron chi connectivity index (χ1n) is 44.5. The molecule has 16 N–H and O–H groups in total. The Hall–Kier alpha value is -10.5. The number of methoxy groups -OCH3 is 3. The van der Waals surface area contributed by atoms with Crippen molar-refractivity contribution in [3.8, 4) is 17.2 Å². The van der Waals surface area contributed by atoms with Gasteiger partial charge in [-0.2, -0.15) is 23.5 Å². The number of rotatable bonds is 58. The zero-order chi connectivity index (χ0) is 91.1. The third-order valence-electron chi connectivity index (χ3n) is 23.7. The SMILES string of the molecule is COC(=O)c1cc2c([nH]1)C(=O)C=C1N(C(=O)c3cc4cc(OC)c(OCCNC(=O)[C@@H](NC(=O)[C@H](C)NC(=O)OCCOCCOCCn5cc(CCC(=O)NCCOCCOCCN(CC(=O)NCCCCNC(=O)CCCC[C@@H]6SC[C@@H]7NC(=N)N[C@@H]76)CC(=O)NCCCCNC(=O)CCCC[C@@H]6SC[C@@H]7NC(=N)N[C@@H]76)nn5)C(C)C)c(OC)c4[nH]3)CC3CCC123. The van der Waals surface area contributed by atoms with Gasteiger partial charge < -0.3 is 121 Å². The van der Waals surface area contributed by atoms with E-state index in [2.05, 4.69) is 84.1 Å². The molecule has 3 aromatic heterocycles. The minimum Gasteiger partial charge on any atom is -0.493 e. The Morgan fingerprint density at radius 2 is 1.20 bits per heavy atom. The Labute approximate surface area is 752 Å². The number of allylic oxidation sites excluding steroid dienone is 2. The van der Waals surface area contributed by atoms with E-state index < -0.39 is 41.4 Å². The number of nitrogens with one attached hydrogen (secondary N) is 16. The number of carbonyl (C=O) groups is 11. The number of carbonyl (C=O) groups excluding carboxylic acids is 11. The number of guanidine groups is 2. The van der Waals surface area contributed by atoms with Gasteiger partial charge in [0, 0.05) is 122 Å². The molecular formula is C85H127N21O20S2. The van der Waals surface area contributed by atoms with Crippen molar-refractivity contribution >= 4 is 111 Å². The molecule has 1 aromatic carbocycles. The quantitative estimate of drug-likeness (QED) is 0.0221. The van der Waals surface area contributed by atoms with E-state index in [4.69, 9.17) is 53.5 Å². The lowest BCUT2D eigenvalue weighted by Crippen LogP contribution is -2.55. The van der Waals surface area contributed by atoms with Gasteiger partial charge in [-0.1, -0.05) is 31.9 Å². The number of likely N-dealkylation sites (tertiary alicyclic amines) is 1. The van der Waals surface area contributed by atoms with Gasteiger partial charge in [0.15, 0.2) is 23.4 Å². The molecule has 41 nitrogen and oxygen atoms in total. The number of alkyl carbamates (subject to hydrolysis) is 1. The Balaban J connectivity index is 0.492. The fraction of sp³-hybridized carbons (Fsp3) is 0.659. The highest BCUT2D eigenvalue weighted by molar-refractivity contribution is 8.00. The average Bonchev–Trinajstić information content (AvgIpc) is 1.51. The molecule has 9 amide bonds. The van der Waals surface area contributed by atoms with E-state index in [1.807, 2.05) is 23.5 Å². The number of esters is 1. The molecule has 43 heteroatoms. The molecule has 10 atom stereocenters. The number of aromatic amines is 2. The molecule has 8 heterocycles. The van der Waals surface area contributed by atoms with Crippen molar-refractivity contribution < 1.29 is 95.4 Å². The van der Waals surface area contributed by atoms with E-state index in [9.17, 15) is 52.7 Å². The van der Waals surface area contributed by atoms with Gasteiger partial charge in [0.25, 0.3) is 5.91 Å². The van der Waals surface area contributed by atoms with Crippen LogP contribution in [-0.2, 0) is 80.4 Å². The number of ether oxygens (including phenoxy) is 9. The second kappa shape index (κ2) is 49.3. The third kappa shape index (κ3) is 27.6. The molecule has 0 radical (unpaired) electrons. The van der Waals surface area contributed by atoms with Gasteiger partial charge in [0.05, 0.1) is 141 Å². The van der Waals surface area contributed by atoms with Crippen LogP contribution in [0, 0.1) is 22.7 Å². The van der Waals surface area contributed by atoms with Crippen molar-refractivity contribution in [3.05, 3.63) is 64.5 Å². The Bertz CT molecular complexity index is 4440. The number of ketones is 1. The lowest BCUT2D eigenvalue weighted by Gasteiger charge is -2.46. The number of H-pyrrole nitrogens is 2. The second-order valence-corrected chi connectivity index (χ2v) is 35.6. The van der Waals surface area contributed by atoms with Crippen molar-refractivity contribution in [2.75, 3.05) is 164 Å². The molecule has 6 fully saturated rings. The van der Waals surface area contributed by atoms with Crippen LogP contribution in [0.1, 0.15) is 160 Å². The topological polar surface area (TPSA) is 532 Å². The zero-order valence-electron chi connectivity index (χ0n) is 74.0. The summed E-state index contributed by atoms with van der Waals surface area (Å²) in [5.41, 5.74) is 2.46. The highest BCUT2D eigenvalue weighted by Gasteiger charge is 2.62. The highest BCUT2D eigenvalue weighted by atomic mass is 32.2. The summed E-state index contributed by atoms with van der Waals surface area (Å²) in [6.07, 6.45) is 13.5. The van der Waals surface area contributed by atoms with Gasteiger partial charge in [0.2, 0.25) is 52.9 Å². The van der Waals surface area contributed by atoms with Crippen LogP contribution < -0.4 is 78.0 Å². The summed E-state index contributed by atoms with van der Waals surface area (Å²) >= 11 is 3.84. The summed E-state index contributed by atoms with van der Waals surface area (Å²) in [7, 11) is 4.16. The van der Waals surface area contributed by atoms with Crippen LogP contribution in [0.25, 0.3) is 10.9 Å². The molecule has 2 aliphatic carbocycles. The number of amides is 9. The minimum atomic E-state index is -1.08. The van der Waals surface area contributed by atoms with E-state index in [0.29, 0.717) is 172 Å². The van der Waals surface area contributed by atoms with E-state index >= 15 is 0 Å². The normalized spacial score (nSPS) is 20.2. The van der Waals surface area contributed by atoms with Crippen molar-refractivity contribution in [2.45, 2.75) is 182 Å². The van der Waals surface area contributed by atoms with Gasteiger partial charge >= 0.3 is 12.1 Å². The number of hydrogen-bond donors (Lipinski definition) is 16. The average molecular weight is 1830 g/mol. The fourth-order valence-corrected chi connectivity index (χ4v) is 19.9. The van der Waals surface area contributed by atoms with Crippen molar-refractivity contribution in [3.63, 3.8) is 0 Å². The Morgan fingerprint density at radius 1 is 0.609 bits per heavy atom. The molecular weight excluding hydrogens is 1700 g/mol. The maximum absolute atomic E-state index is 14.4. The van der Waals surface area contributed by atoms with Crippen molar-refractivity contribution in [1.82, 2.24) is 98.6 Å². The van der Waals surface area contributed by atoms with Crippen LogP contribution in [0.4, 0.5) is 4.79 Å². The molecule has 5 aliphatic heterocycles. The Morgan fingerprint density at radius 3 is 1.80 bits per heavy atom. The van der Waals surface area contributed by atoms with Gasteiger partial charge in [0.1, 0.15) is 36.7 Å². The van der Waals surface area contributed by atoms with E-state index in [1.54, 1.807) is 52.7 Å². The number of benzene rings is 1. The summed E-state index contributed by atoms with van der Waals surface area (Å²) in [5.74, 6) is 0.0704. The predicted octanol–water partition coefficient (Wildman–Crippen LogP) is 1.75. The molecule has 4 aromatic rings. The summed E-state index contributed by atoms with van der Waals surface area (Å²) in [6, 6.07) is 4.12. The molecule has 1 spiro atoms. The molecule has 11 rings (SSSR count). The molecule has 704 valence electrons. The number of aryl methyl sites for hydroxylation is 1. The third-order valence-corrected chi connectivity index (χ3v) is 26.7. The lowest BCUT2D eigenvalue weighted by molar-refractivity contribution is -0.130. The summed E-state index contributed by atoms with van der Waals surface area (Å²) in [4.78, 5) is 153. The summed E-state index contributed by atoms with van der Waals surface area (Å²) < 4.78 is 52.2. The van der Waals surface area contributed by atoms with Gasteiger partial charge in [-0.15, -0.1) is 5.10 Å². The molecule has 0 bridgehead atoms. The van der Waals surface area contributed by atoms with Crippen LogP contribution in [0.15, 0.2) is 36.2 Å². The monoisotopic (exact) mass is 1830 g/mol. The molecule has 2 unspecified atom stereocenters. The number of thioether (sulfide) groups is 2. The molecule has 5 saturated heterocycles. The smallest absolute Gasteiger partial charge is 0.407 e. The van der Waals surface area contributed by atoms with Crippen molar-refractivity contribution in [1.29, 1.82) is 10.8 Å². The van der Waals surface area contributed by atoms with Gasteiger partial charge in [-0.3, -0.25) is 58.9 Å². The number of aromatic nitrogens is 5. The van der Waals surface area contributed by atoms with Crippen LogP contribution in [0.5, 0.6) is 17.2 Å². The van der Waals surface area contributed by atoms with E-state index in [0.717, 1.165) is 56.5 Å². The second-order valence-electron chi connectivity index (χ2n) is 33.1. The lowest BCUT2D eigenvalue weighted by atomic mass is 9.55. The number of hydrogen-bond acceptors (Lipinski definition) is 27. The first kappa shape index (κ1) is 98.1. The predicted molar refractivity (Wildman–Crippen MR) is 475 cm³/mol. The summed E-state index contributed by atoms with van der Waals surface area (Å²) in [6.45, 7) is 9.61. The first-order valence-corrected chi connectivity index (χ1v) is 46.6. The van der Waals surface area contributed by atoms with E-state index in [1.165, 1.54) is 34.3 Å². The number of unbranched alkanes of at least 4 members (excludes halogenated alkanes) is 4. The van der Waals surface area contributed by atoms with Crippen molar-refractivity contribution in [2.24, 2.45) is 11.8 Å². The Kier molecular flexibility index (Phi) is 37.8. The molecule has 7 aliphatic rings. The summed E-state index contributed by atoms with van der Waals surface area (Å²) in [5, 5.41) is 60.9. The maximum atomic E-state index is 14.4. The van der Waals surface area contributed by atoms with Crippen LogP contribution >= 0.6 is 23.5 Å². The highest BCUT2D eigenvalue weighted by Crippen LogP contribution is 2.62. The van der Waals surface area contributed by atoms with Crippen LogP contribution in [-0.4, -0.2) is 323 Å². The maximum Gasteiger partial charge on any atom is 0.407 e. The largest absolute Gasteiger partial charge is 0.493 e. The number of nitrogens with zero attached hydrogens (tertiary/aromatic N) is 5. The molecule has 1 saturated carbocycles. The van der Waals surface area contributed by atoms with Gasteiger partial charge in [-0.05, 0) is 107 Å².